The molecule has 25 heavy (non-hydrogen) atoms. The fourth-order valence-electron chi connectivity index (χ4n) is 2.13. The molecule has 0 atom stereocenters. The van der Waals surface area contributed by atoms with E-state index in [-0.39, 0.29) is 5.56 Å². The van der Waals surface area contributed by atoms with Gasteiger partial charge in [-0.15, -0.1) is 0 Å². The maximum atomic E-state index is 13.9. The number of hydrogen-bond donors (Lipinski definition) is 1. The van der Waals surface area contributed by atoms with Crippen molar-refractivity contribution in [2.75, 3.05) is 34.4 Å². The van der Waals surface area contributed by atoms with Crippen LogP contribution in [-0.2, 0) is 6.54 Å². The zero-order valence-corrected chi connectivity index (χ0v) is 14.7. The van der Waals surface area contributed by atoms with Gasteiger partial charge in [0.05, 0.1) is 12.7 Å². The van der Waals surface area contributed by atoms with Crippen LogP contribution in [0.3, 0.4) is 0 Å². The van der Waals surface area contributed by atoms with Gasteiger partial charge < -0.3 is 19.7 Å². The largest absolute Gasteiger partial charge is 0.497 e. The van der Waals surface area contributed by atoms with E-state index in [1.54, 1.807) is 6.07 Å². The summed E-state index contributed by atoms with van der Waals surface area (Å²) in [5.41, 5.74) is 0.895. The van der Waals surface area contributed by atoms with Gasteiger partial charge in [0.1, 0.15) is 23.9 Å². The van der Waals surface area contributed by atoms with Crippen molar-refractivity contribution in [3.05, 3.63) is 59.4 Å². The molecule has 0 fully saturated rings. The van der Waals surface area contributed by atoms with Crippen molar-refractivity contribution in [3.63, 3.8) is 0 Å². The molecule has 2 aromatic carbocycles. The Morgan fingerprint density at radius 1 is 1.12 bits per heavy atom. The standard InChI is InChI=1S/C19H23FN2O3/c1-22(2)10-11-25-15-6-4-14(5-7-15)13-21-19(23)17-9-8-16(24-3)12-18(17)20/h4-9,12H,10-11,13H2,1-3H3,(H,21,23). The van der Waals surface area contributed by atoms with Crippen LogP contribution in [-0.4, -0.2) is 45.2 Å². The van der Waals surface area contributed by atoms with Gasteiger partial charge in [-0.1, -0.05) is 12.1 Å². The average Bonchev–Trinajstić information content (AvgIpc) is 2.60. The van der Waals surface area contributed by atoms with E-state index in [1.807, 2.05) is 43.3 Å². The van der Waals surface area contributed by atoms with Crippen molar-refractivity contribution in [2.45, 2.75) is 6.54 Å². The molecule has 0 aliphatic rings. The minimum absolute atomic E-state index is 0.00978. The van der Waals surface area contributed by atoms with Crippen LogP contribution in [0.4, 0.5) is 4.39 Å². The van der Waals surface area contributed by atoms with Crippen LogP contribution in [0, 0.1) is 5.82 Å². The van der Waals surface area contributed by atoms with Crippen LogP contribution in [0.2, 0.25) is 0 Å². The summed E-state index contributed by atoms with van der Waals surface area (Å²) in [6.45, 7) is 1.76. The summed E-state index contributed by atoms with van der Waals surface area (Å²) in [4.78, 5) is 14.1. The molecular formula is C19H23FN2O3. The van der Waals surface area contributed by atoms with Crippen molar-refractivity contribution < 1.29 is 18.7 Å². The molecule has 0 radical (unpaired) electrons. The number of benzene rings is 2. The fourth-order valence-corrected chi connectivity index (χ4v) is 2.13. The summed E-state index contributed by atoms with van der Waals surface area (Å²) in [5.74, 6) is 0.0741. The molecule has 5 nitrogen and oxygen atoms in total. The predicted octanol–water partition coefficient (Wildman–Crippen LogP) is 2.70. The number of methoxy groups -OCH3 is 1. The monoisotopic (exact) mass is 346 g/mol. The second-order valence-corrected chi connectivity index (χ2v) is 5.82. The predicted molar refractivity (Wildman–Crippen MR) is 94.6 cm³/mol. The number of nitrogens with zero attached hydrogens (tertiary/aromatic N) is 1. The third-order valence-electron chi connectivity index (χ3n) is 3.60. The first-order valence-corrected chi connectivity index (χ1v) is 7.98. The van der Waals surface area contributed by atoms with Gasteiger partial charge in [-0.3, -0.25) is 4.79 Å². The minimum atomic E-state index is -0.610. The highest BCUT2D eigenvalue weighted by molar-refractivity contribution is 5.94. The van der Waals surface area contributed by atoms with Crippen molar-refractivity contribution >= 4 is 5.91 Å². The van der Waals surface area contributed by atoms with E-state index >= 15 is 0 Å². The molecule has 6 heteroatoms. The Hall–Kier alpha value is -2.60. The Morgan fingerprint density at radius 3 is 2.40 bits per heavy atom. The molecule has 0 bridgehead atoms. The summed E-state index contributed by atoms with van der Waals surface area (Å²) >= 11 is 0. The van der Waals surface area contributed by atoms with Crippen molar-refractivity contribution in [1.29, 1.82) is 0 Å². The molecule has 0 unspecified atom stereocenters. The van der Waals surface area contributed by atoms with Gasteiger partial charge in [-0.05, 0) is 43.9 Å². The van der Waals surface area contributed by atoms with E-state index in [1.165, 1.54) is 19.2 Å². The van der Waals surface area contributed by atoms with E-state index in [0.29, 0.717) is 18.9 Å². The van der Waals surface area contributed by atoms with Crippen molar-refractivity contribution in [2.24, 2.45) is 0 Å². The normalized spacial score (nSPS) is 10.6. The molecule has 0 aliphatic carbocycles. The summed E-state index contributed by atoms with van der Waals surface area (Å²) in [7, 11) is 5.42. The Labute approximate surface area is 147 Å². The quantitative estimate of drug-likeness (QED) is 0.798. The number of carbonyl (C=O) groups excluding carboxylic acids is 1. The van der Waals surface area contributed by atoms with Gasteiger partial charge in [0.25, 0.3) is 5.91 Å². The van der Waals surface area contributed by atoms with Crippen LogP contribution in [0.25, 0.3) is 0 Å². The molecule has 1 amide bonds. The number of carbonyl (C=O) groups is 1. The Balaban J connectivity index is 1.87. The zero-order chi connectivity index (χ0) is 18.2. The van der Waals surface area contributed by atoms with E-state index < -0.39 is 11.7 Å². The maximum Gasteiger partial charge on any atom is 0.254 e. The Morgan fingerprint density at radius 2 is 1.80 bits per heavy atom. The van der Waals surface area contributed by atoms with E-state index in [4.69, 9.17) is 9.47 Å². The molecule has 0 saturated carbocycles. The van der Waals surface area contributed by atoms with Crippen molar-refractivity contribution in [1.82, 2.24) is 10.2 Å². The highest BCUT2D eigenvalue weighted by Gasteiger charge is 2.12. The maximum absolute atomic E-state index is 13.9. The molecule has 2 aromatic rings. The second-order valence-electron chi connectivity index (χ2n) is 5.82. The molecule has 0 aliphatic heterocycles. The number of rotatable bonds is 8. The first kappa shape index (κ1) is 18.7. The number of amides is 1. The number of halogens is 1. The Bertz CT molecular complexity index is 702. The van der Waals surface area contributed by atoms with E-state index in [9.17, 15) is 9.18 Å². The van der Waals surface area contributed by atoms with Crippen LogP contribution < -0.4 is 14.8 Å². The zero-order valence-electron chi connectivity index (χ0n) is 14.7. The molecule has 1 N–H and O–H groups in total. The van der Waals surface area contributed by atoms with Gasteiger partial charge >= 0.3 is 0 Å². The SMILES string of the molecule is COc1ccc(C(=O)NCc2ccc(OCCN(C)C)cc2)c(F)c1. The summed E-state index contributed by atoms with van der Waals surface area (Å²) in [5, 5.41) is 2.70. The average molecular weight is 346 g/mol. The second kappa shape index (κ2) is 9.03. The first-order chi connectivity index (χ1) is 12.0. The molecule has 0 spiro atoms. The lowest BCUT2D eigenvalue weighted by Crippen LogP contribution is -2.23. The van der Waals surface area contributed by atoms with Crippen LogP contribution in [0.15, 0.2) is 42.5 Å². The third-order valence-corrected chi connectivity index (χ3v) is 3.60. The molecule has 0 heterocycles. The Kier molecular flexibility index (Phi) is 6.77. The number of nitrogens with one attached hydrogen (secondary N) is 1. The fraction of sp³-hybridized carbons (Fsp3) is 0.316. The lowest BCUT2D eigenvalue weighted by molar-refractivity contribution is 0.0947. The minimum Gasteiger partial charge on any atom is -0.497 e. The highest BCUT2D eigenvalue weighted by atomic mass is 19.1. The smallest absolute Gasteiger partial charge is 0.254 e. The molecular weight excluding hydrogens is 323 g/mol. The van der Waals surface area contributed by atoms with Gasteiger partial charge in [0.15, 0.2) is 0 Å². The van der Waals surface area contributed by atoms with E-state index in [0.717, 1.165) is 17.9 Å². The summed E-state index contributed by atoms with van der Waals surface area (Å²) in [6.07, 6.45) is 0. The van der Waals surface area contributed by atoms with Crippen LogP contribution in [0.1, 0.15) is 15.9 Å². The van der Waals surface area contributed by atoms with E-state index in [2.05, 4.69) is 5.32 Å². The lowest BCUT2D eigenvalue weighted by Gasteiger charge is -2.11. The number of ether oxygens (including phenoxy) is 2. The lowest BCUT2D eigenvalue weighted by atomic mass is 10.1. The molecule has 0 aromatic heterocycles. The molecule has 134 valence electrons. The molecule has 2 rings (SSSR count). The topological polar surface area (TPSA) is 50.8 Å². The summed E-state index contributed by atoms with van der Waals surface area (Å²) in [6, 6.07) is 11.6. The van der Waals surface area contributed by atoms with Crippen LogP contribution in [0.5, 0.6) is 11.5 Å². The van der Waals surface area contributed by atoms with Gasteiger partial charge in [0, 0.05) is 19.2 Å². The third kappa shape index (κ3) is 5.76. The highest BCUT2D eigenvalue weighted by Crippen LogP contribution is 2.16. The van der Waals surface area contributed by atoms with Gasteiger partial charge in [-0.2, -0.15) is 0 Å². The van der Waals surface area contributed by atoms with Crippen LogP contribution >= 0.6 is 0 Å². The number of hydrogen-bond acceptors (Lipinski definition) is 4. The first-order valence-electron chi connectivity index (χ1n) is 7.98. The molecule has 0 saturated heterocycles. The summed E-state index contributed by atoms with van der Waals surface area (Å²) < 4.78 is 24.4. The van der Waals surface area contributed by atoms with Crippen molar-refractivity contribution in [3.8, 4) is 11.5 Å². The van der Waals surface area contributed by atoms with Gasteiger partial charge in [0.2, 0.25) is 0 Å². The number of likely N-dealkylation sites (N-methyl/N-ethyl adjacent to an activating group) is 1. The van der Waals surface area contributed by atoms with Gasteiger partial charge in [-0.25, -0.2) is 4.39 Å².